The van der Waals surface area contributed by atoms with Crippen LogP contribution in [0.5, 0.6) is 11.5 Å². The highest BCUT2D eigenvalue weighted by Gasteiger charge is 2.26. The topological polar surface area (TPSA) is 104 Å². The maximum atomic E-state index is 11.9. The van der Waals surface area contributed by atoms with Crippen molar-refractivity contribution in [3.05, 3.63) is 23.8 Å². The largest absolute Gasteiger partial charge is 0.508 e. The molecule has 0 spiro atoms. The summed E-state index contributed by atoms with van der Waals surface area (Å²) in [5.41, 5.74) is 0.0146. The second-order valence-electron chi connectivity index (χ2n) is 4.63. The molecule has 0 aliphatic carbocycles. The van der Waals surface area contributed by atoms with Crippen LogP contribution in [0.15, 0.2) is 18.2 Å². The second-order valence-corrected chi connectivity index (χ2v) is 6.86. The molecule has 2 rings (SSSR count). The molecular formula is C12H15NO5S. The molecule has 1 heterocycles. The van der Waals surface area contributed by atoms with E-state index in [0.29, 0.717) is 12.8 Å². The summed E-state index contributed by atoms with van der Waals surface area (Å²) < 4.78 is 22.9. The molecule has 7 heteroatoms. The molecule has 1 aromatic rings. The zero-order valence-corrected chi connectivity index (χ0v) is 11.0. The molecular weight excluding hydrogens is 270 g/mol. The van der Waals surface area contributed by atoms with Gasteiger partial charge in [0.1, 0.15) is 11.5 Å². The lowest BCUT2D eigenvalue weighted by Gasteiger charge is -2.23. The number of benzene rings is 1. The first-order valence-electron chi connectivity index (χ1n) is 5.91. The summed E-state index contributed by atoms with van der Waals surface area (Å²) in [5, 5.41) is 21.3. The summed E-state index contributed by atoms with van der Waals surface area (Å²) in [6, 6.07) is 3.20. The van der Waals surface area contributed by atoms with Crippen LogP contribution >= 0.6 is 0 Å². The van der Waals surface area contributed by atoms with E-state index in [9.17, 15) is 18.3 Å². The Bertz CT molecular complexity index is 596. The minimum absolute atomic E-state index is 0.0146. The highest BCUT2D eigenvalue weighted by molar-refractivity contribution is 7.91. The Kier molecular flexibility index (Phi) is 3.66. The summed E-state index contributed by atoms with van der Waals surface area (Å²) in [6.07, 6.45) is 1.12. The Hall–Kier alpha value is -1.76. The highest BCUT2D eigenvalue weighted by atomic mass is 32.2. The molecule has 0 saturated carbocycles. The Labute approximate surface area is 111 Å². The van der Waals surface area contributed by atoms with Gasteiger partial charge in [0.15, 0.2) is 9.84 Å². The molecule has 1 aromatic carbocycles. The van der Waals surface area contributed by atoms with Crippen LogP contribution in [0.2, 0.25) is 0 Å². The summed E-state index contributed by atoms with van der Waals surface area (Å²) in [7, 11) is -3.09. The van der Waals surface area contributed by atoms with Crippen molar-refractivity contribution in [1.82, 2.24) is 5.32 Å². The minimum Gasteiger partial charge on any atom is -0.508 e. The molecule has 104 valence electrons. The lowest BCUT2D eigenvalue weighted by molar-refractivity contribution is 0.0935. The van der Waals surface area contributed by atoms with Crippen molar-refractivity contribution in [2.24, 2.45) is 0 Å². The van der Waals surface area contributed by atoms with Crippen molar-refractivity contribution in [3.8, 4) is 11.5 Å². The third-order valence-corrected chi connectivity index (χ3v) is 4.85. The van der Waals surface area contributed by atoms with Gasteiger partial charge in [0.25, 0.3) is 5.91 Å². The molecule has 1 aliphatic heterocycles. The normalized spacial score (nSPS) is 21.8. The average Bonchev–Trinajstić information content (AvgIpc) is 2.27. The molecule has 0 bridgehead atoms. The predicted octanol–water partition coefficient (Wildman–Crippen LogP) is 0.405. The second kappa shape index (κ2) is 5.08. The number of hydrogen-bond donors (Lipinski definition) is 3. The van der Waals surface area contributed by atoms with E-state index in [4.69, 9.17) is 5.11 Å². The third kappa shape index (κ3) is 3.37. The standard InChI is InChI=1S/C12H15NO5S/c14-9-3-4-10(11(15)6-9)12(16)13-8-2-1-5-19(17,18)7-8/h3-4,6,8,14-15H,1-2,5,7H2,(H,13,16). The fourth-order valence-corrected chi connectivity index (χ4v) is 3.75. The van der Waals surface area contributed by atoms with Crippen molar-refractivity contribution in [1.29, 1.82) is 0 Å². The maximum Gasteiger partial charge on any atom is 0.255 e. The molecule has 6 nitrogen and oxygen atoms in total. The van der Waals surface area contributed by atoms with E-state index in [1.807, 2.05) is 0 Å². The van der Waals surface area contributed by atoms with Crippen LogP contribution in [0.25, 0.3) is 0 Å². The summed E-state index contributed by atoms with van der Waals surface area (Å²) in [4.78, 5) is 11.9. The number of aromatic hydroxyl groups is 2. The van der Waals surface area contributed by atoms with Crippen molar-refractivity contribution >= 4 is 15.7 Å². The molecule has 0 aromatic heterocycles. The zero-order valence-electron chi connectivity index (χ0n) is 10.2. The zero-order chi connectivity index (χ0) is 14.0. The van der Waals surface area contributed by atoms with Gasteiger partial charge in [0.05, 0.1) is 17.1 Å². The van der Waals surface area contributed by atoms with Gasteiger partial charge in [-0.05, 0) is 25.0 Å². The lowest BCUT2D eigenvalue weighted by Crippen LogP contribution is -2.43. The molecule has 1 saturated heterocycles. The fraction of sp³-hybridized carbons (Fsp3) is 0.417. The average molecular weight is 285 g/mol. The van der Waals surface area contributed by atoms with Gasteiger partial charge < -0.3 is 15.5 Å². The van der Waals surface area contributed by atoms with Crippen molar-refractivity contribution in [3.63, 3.8) is 0 Å². The van der Waals surface area contributed by atoms with Gasteiger partial charge in [0, 0.05) is 12.1 Å². The Morgan fingerprint density at radius 3 is 2.68 bits per heavy atom. The number of phenolic OH excluding ortho intramolecular Hbond substituents is 2. The van der Waals surface area contributed by atoms with Gasteiger partial charge in [0.2, 0.25) is 0 Å². The van der Waals surface area contributed by atoms with Crippen molar-refractivity contribution < 1.29 is 23.4 Å². The van der Waals surface area contributed by atoms with Gasteiger partial charge in [-0.25, -0.2) is 8.42 Å². The quantitative estimate of drug-likeness (QED) is 0.730. The van der Waals surface area contributed by atoms with Gasteiger partial charge in [-0.3, -0.25) is 4.79 Å². The first-order valence-corrected chi connectivity index (χ1v) is 7.73. The van der Waals surface area contributed by atoms with Gasteiger partial charge in [-0.2, -0.15) is 0 Å². The molecule has 1 unspecified atom stereocenters. The first-order chi connectivity index (χ1) is 8.87. The number of sulfone groups is 1. The molecule has 1 amide bonds. The Morgan fingerprint density at radius 1 is 1.32 bits per heavy atom. The lowest BCUT2D eigenvalue weighted by atomic mass is 10.1. The van der Waals surface area contributed by atoms with Crippen LogP contribution in [-0.4, -0.2) is 42.1 Å². The fourth-order valence-electron chi connectivity index (χ4n) is 2.11. The van der Waals surface area contributed by atoms with Gasteiger partial charge >= 0.3 is 0 Å². The first kappa shape index (κ1) is 13.7. The van der Waals surface area contributed by atoms with Crippen LogP contribution in [0.4, 0.5) is 0 Å². The Balaban J connectivity index is 2.09. The van der Waals surface area contributed by atoms with Crippen molar-refractivity contribution in [2.45, 2.75) is 18.9 Å². The van der Waals surface area contributed by atoms with E-state index in [1.165, 1.54) is 12.1 Å². The number of amides is 1. The third-order valence-electron chi connectivity index (χ3n) is 3.02. The van der Waals surface area contributed by atoms with E-state index in [2.05, 4.69) is 5.32 Å². The summed E-state index contributed by atoms with van der Waals surface area (Å²) in [5.74, 6) is -0.938. The van der Waals surface area contributed by atoms with E-state index >= 15 is 0 Å². The van der Waals surface area contributed by atoms with Crippen LogP contribution in [-0.2, 0) is 9.84 Å². The number of carbonyl (C=O) groups excluding carboxylic acids is 1. The molecule has 1 aliphatic rings. The number of rotatable bonds is 2. The number of hydrogen-bond acceptors (Lipinski definition) is 5. The summed E-state index contributed by atoms with van der Waals surface area (Å²) >= 11 is 0. The number of carbonyl (C=O) groups is 1. The highest BCUT2D eigenvalue weighted by Crippen LogP contribution is 2.23. The SMILES string of the molecule is O=C(NC1CCCS(=O)(=O)C1)c1ccc(O)cc1O. The smallest absolute Gasteiger partial charge is 0.255 e. The molecule has 1 fully saturated rings. The van der Waals surface area contributed by atoms with E-state index < -0.39 is 21.8 Å². The number of phenols is 2. The van der Waals surface area contributed by atoms with Gasteiger partial charge in [-0.1, -0.05) is 0 Å². The van der Waals surface area contributed by atoms with E-state index in [0.717, 1.165) is 6.07 Å². The van der Waals surface area contributed by atoms with Crippen molar-refractivity contribution in [2.75, 3.05) is 11.5 Å². The summed E-state index contributed by atoms with van der Waals surface area (Å²) in [6.45, 7) is 0. The van der Waals surface area contributed by atoms with Crippen LogP contribution in [0.3, 0.4) is 0 Å². The number of nitrogens with one attached hydrogen (secondary N) is 1. The minimum atomic E-state index is -3.09. The maximum absolute atomic E-state index is 11.9. The predicted molar refractivity (Wildman–Crippen MR) is 68.9 cm³/mol. The van der Waals surface area contributed by atoms with E-state index in [1.54, 1.807) is 0 Å². The van der Waals surface area contributed by atoms with Crippen LogP contribution < -0.4 is 5.32 Å². The van der Waals surface area contributed by atoms with Crippen LogP contribution in [0.1, 0.15) is 23.2 Å². The van der Waals surface area contributed by atoms with Crippen LogP contribution in [0, 0.1) is 0 Å². The molecule has 19 heavy (non-hydrogen) atoms. The molecule has 3 N–H and O–H groups in total. The van der Waals surface area contributed by atoms with Gasteiger partial charge in [-0.15, -0.1) is 0 Å². The van der Waals surface area contributed by atoms with E-state index in [-0.39, 0.29) is 28.6 Å². The molecule has 1 atom stereocenters. The Morgan fingerprint density at radius 2 is 2.05 bits per heavy atom. The molecule has 0 radical (unpaired) electrons. The monoisotopic (exact) mass is 285 g/mol.